The molecule has 0 saturated heterocycles. The Bertz CT molecular complexity index is 1060. The van der Waals surface area contributed by atoms with Crippen LogP contribution in [0.4, 0.5) is 0 Å². The molecule has 3 heterocycles. The van der Waals surface area contributed by atoms with Gasteiger partial charge in [0.15, 0.2) is 0 Å². The van der Waals surface area contributed by atoms with Gasteiger partial charge in [-0.15, -0.1) is 0 Å². The second-order valence-corrected chi connectivity index (χ2v) is 7.57. The zero-order chi connectivity index (χ0) is 20.8. The average Bonchev–Trinajstić information content (AvgIpc) is 2.75. The van der Waals surface area contributed by atoms with Gasteiger partial charge in [-0.2, -0.15) is 0 Å². The lowest BCUT2D eigenvalue weighted by atomic mass is 10.1. The van der Waals surface area contributed by atoms with E-state index in [1.165, 1.54) is 0 Å². The van der Waals surface area contributed by atoms with E-state index in [0.29, 0.717) is 0 Å². The number of benzene rings is 1. The first-order chi connectivity index (χ1) is 14.7. The molecule has 0 unspecified atom stereocenters. The zero-order valence-corrected chi connectivity index (χ0v) is 17.5. The van der Waals surface area contributed by atoms with Crippen LogP contribution in [0.5, 0.6) is 0 Å². The van der Waals surface area contributed by atoms with E-state index < -0.39 is 0 Å². The number of aromatic nitrogens is 3. The van der Waals surface area contributed by atoms with E-state index in [-0.39, 0.29) is 0 Å². The third kappa shape index (κ3) is 5.37. The van der Waals surface area contributed by atoms with Crippen LogP contribution in [0, 0.1) is 13.8 Å². The number of aryl methyl sites for hydroxylation is 2. The molecule has 0 radical (unpaired) electrons. The van der Waals surface area contributed by atoms with Crippen LogP contribution in [0.1, 0.15) is 28.5 Å². The highest BCUT2D eigenvalue weighted by atomic mass is 15.1. The topological polar surface area (TPSA) is 41.9 Å². The predicted octanol–water partition coefficient (Wildman–Crippen LogP) is 5.36. The van der Waals surface area contributed by atoms with Crippen molar-refractivity contribution < 1.29 is 0 Å². The molecule has 0 aliphatic rings. The summed E-state index contributed by atoms with van der Waals surface area (Å²) in [6, 6.07) is 28.9. The molecular weight excluding hydrogens is 368 g/mol. The first-order valence-corrected chi connectivity index (χ1v) is 10.2. The standard InChI is InChI=1S/C26H26N4/c1-20-9-6-13-23(27-20)17-30(18-24-14-7-10-21(2)28-24)19-25-15-8-16-26(29-25)22-11-4-3-5-12-22/h3-16H,17-19H2,1-2H3. The molecule has 4 aromatic rings. The van der Waals surface area contributed by atoms with Crippen LogP contribution < -0.4 is 0 Å². The molecule has 0 saturated carbocycles. The van der Waals surface area contributed by atoms with E-state index in [4.69, 9.17) is 15.0 Å². The Kier molecular flexibility index (Phi) is 6.26. The maximum atomic E-state index is 4.92. The Morgan fingerprint density at radius 2 is 1.03 bits per heavy atom. The molecule has 0 atom stereocenters. The summed E-state index contributed by atoms with van der Waals surface area (Å²) in [6.45, 7) is 6.27. The lowest BCUT2D eigenvalue weighted by molar-refractivity contribution is 0.238. The SMILES string of the molecule is Cc1cccc(CN(Cc2cccc(C)n2)Cc2cccc(-c3ccccc3)n2)n1. The summed E-state index contributed by atoms with van der Waals surface area (Å²) < 4.78 is 0. The molecule has 3 aromatic heterocycles. The summed E-state index contributed by atoms with van der Waals surface area (Å²) in [5, 5.41) is 0. The van der Waals surface area contributed by atoms with E-state index in [9.17, 15) is 0 Å². The Labute approximate surface area is 178 Å². The van der Waals surface area contributed by atoms with Crippen LogP contribution in [0.2, 0.25) is 0 Å². The number of rotatable bonds is 7. The fourth-order valence-electron chi connectivity index (χ4n) is 3.57. The zero-order valence-electron chi connectivity index (χ0n) is 17.5. The molecule has 150 valence electrons. The normalized spacial score (nSPS) is 11.0. The number of hydrogen-bond acceptors (Lipinski definition) is 4. The summed E-state index contributed by atoms with van der Waals surface area (Å²) in [5.41, 5.74) is 7.35. The van der Waals surface area contributed by atoms with Crippen LogP contribution in [0.25, 0.3) is 11.3 Å². The van der Waals surface area contributed by atoms with Crippen molar-refractivity contribution in [2.24, 2.45) is 0 Å². The minimum Gasteiger partial charge on any atom is -0.286 e. The van der Waals surface area contributed by atoms with E-state index in [0.717, 1.165) is 59.4 Å². The minimum absolute atomic E-state index is 0.728. The summed E-state index contributed by atoms with van der Waals surface area (Å²) in [5.74, 6) is 0. The summed E-state index contributed by atoms with van der Waals surface area (Å²) >= 11 is 0. The summed E-state index contributed by atoms with van der Waals surface area (Å²) in [4.78, 5) is 16.7. The molecule has 0 bridgehead atoms. The predicted molar refractivity (Wildman–Crippen MR) is 121 cm³/mol. The van der Waals surface area contributed by atoms with Crippen molar-refractivity contribution >= 4 is 0 Å². The Balaban J connectivity index is 1.59. The summed E-state index contributed by atoms with van der Waals surface area (Å²) in [7, 11) is 0. The molecule has 4 nitrogen and oxygen atoms in total. The van der Waals surface area contributed by atoms with Gasteiger partial charge in [-0.25, -0.2) is 0 Å². The highest BCUT2D eigenvalue weighted by molar-refractivity contribution is 5.58. The third-order valence-electron chi connectivity index (χ3n) is 4.93. The van der Waals surface area contributed by atoms with Crippen molar-refractivity contribution in [1.82, 2.24) is 19.9 Å². The van der Waals surface area contributed by atoms with Gasteiger partial charge < -0.3 is 0 Å². The van der Waals surface area contributed by atoms with Gasteiger partial charge in [0.1, 0.15) is 0 Å². The maximum Gasteiger partial charge on any atom is 0.0705 e. The van der Waals surface area contributed by atoms with E-state index in [1.807, 2.05) is 44.2 Å². The Morgan fingerprint density at radius 3 is 1.57 bits per heavy atom. The van der Waals surface area contributed by atoms with Crippen molar-refractivity contribution in [2.45, 2.75) is 33.5 Å². The molecule has 0 amide bonds. The van der Waals surface area contributed by atoms with Crippen LogP contribution in [-0.2, 0) is 19.6 Å². The molecule has 4 heteroatoms. The van der Waals surface area contributed by atoms with Gasteiger partial charge >= 0.3 is 0 Å². The highest BCUT2D eigenvalue weighted by Crippen LogP contribution is 2.18. The van der Waals surface area contributed by atoms with Crippen molar-refractivity contribution in [3.8, 4) is 11.3 Å². The van der Waals surface area contributed by atoms with E-state index in [2.05, 4.69) is 59.5 Å². The second-order valence-electron chi connectivity index (χ2n) is 7.57. The third-order valence-corrected chi connectivity index (χ3v) is 4.93. The molecule has 0 spiro atoms. The van der Waals surface area contributed by atoms with Gasteiger partial charge in [0, 0.05) is 36.6 Å². The molecule has 0 fully saturated rings. The maximum absolute atomic E-state index is 4.92. The quantitative estimate of drug-likeness (QED) is 0.423. The Hall–Kier alpha value is -3.37. The van der Waals surface area contributed by atoms with Gasteiger partial charge in [0.05, 0.1) is 22.8 Å². The van der Waals surface area contributed by atoms with Gasteiger partial charge in [-0.1, -0.05) is 48.5 Å². The fourth-order valence-corrected chi connectivity index (χ4v) is 3.57. The molecule has 30 heavy (non-hydrogen) atoms. The Morgan fingerprint density at radius 1 is 0.533 bits per heavy atom. The summed E-state index contributed by atoms with van der Waals surface area (Å²) in [6.07, 6.45) is 0. The lowest BCUT2D eigenvalue weighted by Crippen LogP contribution is -2.24. The van der Waals surface area contributed by atoms with Crippen LogP contribution >= 0.6 is 0 Å². The minimum atomic E-state index is 0.728. The van der Waals surface area contributed by atoms with E-state index >= 15 is 0 Å². The van der Waals surface area contributed by atoms with Crippen LogP contribution in [0.15, 0.2) is 84.9 Å². The van der Waals surface area contributed by atoms with Gasteiger partial charge in [-0.3, -0.25) is 19.9 Å². The number of hydrogen-bond donors (Lipinski definition) is 0. The van der Waals surface area contributed by atoms with Gasteiger partial charge in [0.25, 0.3) is 0 Å². The molecular formula is C26H26N4. The molecule has 4 rings (SSSR count). The van der Waals surface area contributed by atoms with Crippen molar-refractivity contribution in [1.29, 1.82) is 0 Å². The molecule has 1 aromatic carbocycles. The second kappa shape index (κ2) is 9.42. The first-order valence-electron chi connectivity index (χ1n) is 10.2. The molecule has 0 aliphatic carbocycles. The van der Waals surface area contributed by atoms with Gasteiger partial charge in [0.2, 0.25) is 0 Å². The van der Waals surface area contributed by atoms with Crippen LogP contribution in [0.3, 0.4) is 0 Å². The van der Waals surface area contributed by atoms with Gasteiger partial charge in [-0.05, 0) is 50.2 Å². The van der Waals surface area contributed by atoms with Crippen molar-refractivity contribution in [3.05, 3.63) is 113 Å². The fraction of sp³-hybridized carbons (Fsp3) is 0.192. The largest absolute Gasteiger partial charge is 0.286 e. The van der Waals surface area contributed by atoms with Crippen LogP contribution in [-0.4, -0.2) is 19.9 Å². The highest BCUT2D eigenvalue weighted by Gasteiger charge is 2.12. The smallest absolute Gasteiger partial charge is 0.0705 e. The van der Waals surface area contributed by atoms with Crippen molar-refractivity contribution in [3.63, 3.8) is 0 Å². The van der Waals surface area contributed by atoms with E-state index in [1.54, 1.807) is 0 Å². The monoisotopic (exact) mass is 394 g/mol. The molecule has 0 aliphatic heterocycles. The first kappa shape index (κ1) is 19.9. The van der Waals surface area contributed by atoms with Crippen molar-refractivity contribution in [2.75, 3.05) is 0 Å². The lowest BCUT2D eigenvalue weighted by Gasteiger charge is -2.22. The number of pyridine rings is 3. The number of nitrogens with zero attached hydrogens (tertiary/aromatic N) is 4. The average molecular weight is 395 g/mol. The molecule has 0 N–H and O–H groups in total.